The number of hydrazine groups is 1. The largest absolute Gasteiger partial charge is 0.353 e. The molecule has 1 unspecified atom stereocenters. The lowest BCUT2D eigenvalue weighted by molar-refractivity contribution is -0.384. The van der Waals surface area contributed by atoms with Crippen LogP contribution in [-0.4, -0.2) is 53.5 Å². The van der Waals surface area contributed by atoms with Gasteiger partial charge in [-0.15, -0.1) is 0 Å². The fraction of sp³-hybridized carbons (Fsp3) is 0.636. The highest BCUT2D eigenvalue weighted by Gasteiger charge is 2.25. The summed E-state index contributed by atoms with van der Waals surface area (Å²) in [5.74, 6) is 6.19. The van der Waals surface area contributed by atoms with Crippen molar-refractivity contribution in [2.75, 3.05) is 44.1 Å². The molecule has 1 saturated heterocycles. The molecule has 0 aliphatic carbocycles. The number of nitrogen functional groups attached to an aromatic ring is 1. The molecule has 0 saturated carbocycles. The number of rotatable bonds is 5. The molecule has 0 radical (unpaired) electrons. The number of nitro groups is 1. The van der Waals surface area contributed by atoms with Crippen molar-refractivity contribution in [3.05, 3.63) is 16.3 Å². The van der Waals surface area contributed by atoms with E-state index in [1.807, 2.05) is 0 Å². The average Bonchev–Trinajstić information content (AvgIpc) is 2.83. The molecule has 9 heteroatoms. The van der Waals surface area contributed by atoms with Crippen molar-refractivity contribution in [1.29, 1.82) is 0 Å². The average molecular weight is 281 g/mol. The summed E-state index contributed by atoms with van der Waals surface area (Å²) in [6, 6.07) is 0. The molecule has 1 fully saturated rings. The molecule has 0 amide bonds. The Bertz CT molecular complexity index is 496. The van der Waals surface area contributed by atoms with Crippen LogP contribution in [0.3, 0.4) is 0 Å². The zero-order valence-electron chi connectivity index (χ0n) is 11.6. The molecule has 9 nitrogen and oxygen atoms in total. The van der Waals surface area contributed by atoms with E-state index in [-0.39, 0.29) is 17.5 Å². The van der Waals surface area contributed by atoms with E-state index in [9.17, 15) is 10.1 Å². The number of nitrogens with one attached hydrogen (secondary N) is 1. The van der Waals surface area contributed by atoms with Crippen LogP contribution < -0.4 is 16.2 Å². The number of anilines is 2. The minimum Gasteiger partial charge on any atom is -0.353 e. The fourth-order valence-electron chi connectivity index (χ4n) is 2.49. The van der Waals surface area contributed by atoms with Gasteiger partial charge >= 0.3 is 5.69 Å². The molecule has 20 heavy (non-hydrogen) atoms. The molecule has 1 aliphatic rings. The Morgan fingerprint density at radius 2 is 2.45 bits per heavy atom. The Balaban J connectivity index is 2.18. The van der Waals surface area contributed by atoms with E-state index in [1.165, 1.54) is 6.20 Å². The van der Waals surface area contributed by atoms with Gasteiger partial charge in [-0.25, -0.2) is 10.8 Å². The van der Waals surface area contributed by atoms with Crippen LogP contribution in [0.15, 0.2) is 6.20 Å². The molecule has 110 valence electrons. The van der Waals surface area contributed by atoms with Crippen molar-refractivity contribution in [1.82, 2.24) is 14.9 Å². The Hall–Kier alpha value is -2.00. The lowest BCUT2D eigenvalue weighted by atomic mass is 10.1. The van der Waals surface area contributed by atoms with Crippen molar-refractivity contribution in [2.24, 2.45) is 11.8 Å². The first kappa shape index (κ1) is 14.4. The predicted octanol–water partition coefficient (Wildman–Crippen LogP) is 0.0583. The summed E-state index contributed by atoms with van der Waals surface area (Å²) in [6.45, 7) is 2.76. The van der Waals surface area contributed by atoms with Crippen LogP contribution >= 0.6 is 0 Å². The second-order valence-corrected chi connectivity index (χ2v) is 5.10. The molecule has 1 atom stereocenters. The van der Waals surface area contributed by atoms with E-state index in [1.54, 1.807) is 11.9 Å². The highest BCUT2D eigenvalue weighted by atomic mass is 16.6. The van der Waals surface area contributed by atoms with E-state index in [2.05, 4.69) is 27.3 Å². The SMILES string of the molecule is CN1CCC(CN(C)c2nc(NN)ncc2[N+](=O)[O-])C1. The van der Waals surface area contributed by atoms with Crippen LogP contribution in [0.2, 0.25) is 0 Å². The van der Waals surface area contributed by atoms with Gasteiger partial charge in [-0.1, -0.05) is 0 Å². The Kier molecular flexibility index (Phi) is 4.30. The van der Waals surface area contributed by atoms with Gasteiger partial charge in [-0.2, -0.15) is 4.98 Å². The molecule has 2 rings (SSSR count). The normalized spacial score (nSPS) is 19.1. The molecule has 1 aromatic heterocycles. The molecule has 0 aromatic carbocycles. The number of hydrogen-bond donors (Lipinski definition) is 2. The third kappa shape index (κ3) is 3.11. The zero-order chi connectivity index (χ0) is 14.7. The Morgan fingerprint density at radius 1 is 1.70 bits per heavy atom. The summed E-state index contributed by atoms with van der Waals surface area (Å²) < 4.78 is 0. The first-order valence-corrected chi connectivity index (χ1v) is 6.39. The van der Waals surface area contributed by atoms with Crippen molar-refractivity contribution in [2.45, 2.75) is 6.42 Å². The van der Waals surface area contributed by atoms with E-state index in [0.29, 0.717) is 12.5 Å². The standard InChI is InChI=1S/C11H19N7O2/c1-16-4-3-8(6-16)7-17(2)10-9(18(19)20)5-13-11(14-10)15-12/h5,8H,3-4,6-7,12H2,1-2H3,(H,13,14,15). The van der Waals surface area contributed by atoms with Gasteiger partial charge in [0.25, 0.3) is 0 Å². The highest BCUT2D eigenvalue weighted by Crippen LogP contribution is 2.26. The summed E-state index contributed by atoms with van der Waals surface area (Å²) >= 11 is 0. The van der Waals surface area contributed by atoms with Gasteiger partial charge in [0.05, 0.1) is 4.92 Å². The summed E-state index contributed by atoms with van der Waals surface area (Å²) in [7, 11) is 3.87. The quantitative estimate of drug-likeness (QED) is 0.442. The van der Waals surface area contributed by atoms with Crippen molar-refractivity contribution >= 4 is 17.5 Å². The van der Waals surface area contributed by atoms with Gasteiger partial charge in [-0.3, -0.25) is 15.5 Å². The maximum Gasteiger partial charge on any atom is 0.329 e. The van der Waals surface area contributed by atoms with Crippen LogP contribution in [0.4, 0.5) is 17.5 Å². The van der Waals surface area contributed by atoms with Gasteiger partial charge in [0.1, 0.15) is 6.20 Å². The second-order valence-electron chi connectivity index (χ2n) is 5.10. The zero-order valence-corrected chi connectivity index (χ0v) is 11.6. The lowest BCUT2D eigenvalue weighted by Crippen LogP contribution is -2.29. The lowest BCUT2D eigenvalue weighted by Gasteiger charge is -2.22. The van der Waals surface area contributed by atoms with E-state index in [4.69, 9.17) is 5.84 Å². The molecule has 0 bridgehead atoms. The molecule has 2 heterocycles. The summed E-state index contributed by atoms with van der Waals surface area (Å²) in [6.07, 6.45) is 2.26. The third-order valence-electron chi connectivity index (χ3n) is 3.46. The Labute approximate surface area is 116 Å². The molecular weight excluding hydrogens is 262 g/mol. The topological polar surface area (TPSA) is 113 Å². The van der Waals surface area contributed by atoms with Crippen LogP contribution in [0.5, 0.6) is 0 Å². The van der Waals surface area contributed by atoms with Gasteiger partial charge in [0.2, 0.25) is 11.8 Å². The van der Waals surface area contributed by atoms with E-state index >= 15 is 0 Å². The molecule has 1 aliphatic heterocycles. The first-order valence-electron chi connectivity index (χ1n) is 6.39. The monoisotopic (exact) mass is 281 g/mol. The van der Waals surface area contributed by atoms with Gasteiger partial charge < -0.3 is 9.80 Å². The maximum atomic E-state index is 11.1. The van der Waals surface area contributed by atoms with E-state index in [0.717, 1.165) is 19.5 Å². The number of aromatic nitrogens is 2. The molecule has 1 aromatic rings. The van der Waals surface area contributed by atoms with Crippen LogP contribution in [0.1, 0.15) is 6.42 Å². The summed E-state index contributed by atoms with van der Waals surface area (Å²) in [5, 5.41) is 11.1. The smallest absolute Gasteiger partial charge is 0.329 e. The fourth-order valence-corrected chi connectivity index (χ4v) is 2.49. The van der Waals surface area contributed by atoms with Crippen molar-refractivity contribution in [3.63, 3.8) is 0 Å². The van der Waals surface area contributed by atoms with Crippen LogP contribution in [0.25, 0.3) is 0 Å². The minimum atomic E-state index is -0.479. The molecule has 3 N–H and O–H groups in total. The molecule has 0 spiro atoms. The van der Waals surface area contributed by atoms with Crippen molar-refractivity contribution < 1.29 is 4.92 Å². The highest BCUT2D eigenvalue weighted by molar-refractivity contribution is 5.58. The van der Waals surface area contributed by atoms with Gasteiger partial charge in [0, 0.05) is 20.1 Å². The number of nitrogens with zero attached hydrogens (tertiary/aromatic N) is 5. The van der Waals surface area contributed by atoms with Gasteiger partial charge in [-0.05, 0) is 25.9 Å². The number of likely N-dealkylation sites (tertiary alicyclic amines) is 1. The Morgan fingerprint density at radius 3 is 3.00 bits per heavy atom. The maximum absolute atomic E-state index is 11.1. The van der Waals surface area contributed by atoms with Crippen molar-refractivity contribution in [3.8, 4) is 0 Å². The summed E-state index contributed by atoms with van der Waals surface area (Å²) in [5.41, 5.74) is 2.20. The number of hydrogen-bond acceptors (Lipinski definition) is 8. The van der Waals surface area contributed by atoms with E-state index < -0.39 is 4.92 Å². The second kappa shape index (κ2) is 5.97. The number of nitrogens with two attached hydrogens (primary N) is 1. The van der Waals surface area contributed by atoms with Gasteiger partial charge in [0.15, 0.2) is 0 Å². The van der Waals surface area contributed by atoms with Crippen LogP contribution in [0, 0.1) is 16.0 Å². The summed E-state index contributed by atoms with van der Waals surface area (Å²) in [4.78, 5) is 22.5. The molecular formula is C11H19N7O2. The van der Waals surface area contributed by atoms with Crippen LogP contribution in [-0.2, 0) is 0 Å². The first-order chi connectivity index (χ1) is 9.51. The third-order valence-corrected chi connectivity index (χ3v) is 3.46. The predicted molar refractivity (Wildman–Crippen MR) is 75.4 cm³/mol. The minimum absolute atomic E-state index is 0.113.